The zero-order chi connectivity index (χ0) is 21.4. The summed E-state index contributed by atoms with van der Waals surface area (Å²) in [6.07, 6.45) is 6.56. The van der Waals surface area contributed by atoms with Crippen LogP contribution in [0.5, 0.6) is 0 Å². The lowest BCUT2D eigenvalue weighted by molar-refractivity contribution is -0.130. The van der Waals surface area contributed by atoms with Crippen molar-refractivity contribution in [1.29, 1.82) is 0 Å². The van der Waals surface area contributed by atoms with Crippen LogP contribution in [0.2, 0.25) is 0 Å². The number of hydrogen-bond acceptors (Lipinski definition) is 4. The molecule has 2 heterocycles. The van der Waals surface area contributed by atoms with Crippen LogP contribution in [-0.2, 0) is 21.4 Å². The van der Waals surface area contributed by atoms with Crippen molar-refractivity contribution in [1.82, 2.24) is 18.9 Å². The summed E-state index contributed by atoms with van der Waals surface area (Å²) in [6.45, 7) is 0.546. The van der Waals surface area contributed by atoms with Gasteiger partial charge in [0.2, 0.25) is 5.91 Å². The van der Waals surface area contributed by atoms with Gasteiger partial charge in [-0.3, -0.25) is 9.78 Å². The summed E-state index contributed by atoms with van der Waals surface area (Å²) in [5.74, 6) is -0.0340. The van der Waals surface area contributed by atoms with Gasteiger partial charge in [0.15, 0.2) is 0 Å². The number of carbonyl (C=O) groups excluding carboxylic acids is 1. The first-order valence-electron chi connectivity index (χ1n) is 10.3. The third kappa shape index (κ3) is 4.26. The summed E-state index contributed by atoms with van der Waals surface area (Å²) < 4.78 is 28.0. The molecule has 160 valence electrons. The van der Waals surface area contributed by atoms with Crippen molar-refractivity contribution in [3.8, 4) is 11.1 Å². The Morgan fingerprint density at radius 1 is 1.23 bits per heavy atom. The fourth-order valence-corrected chi connectivity index (χ4v) is 5.22. The van der Waals surface area contributed by atoms with Gasteiger partial charge < -0.3 is 5.32 Å². The number of amides is 1. The van der Waals surface area contributed by atoms with Crippen molar-refractivity contribution in [3.63, 3.8) is 0 Å². The smallest absolute Gasteiger partial charge is 0.281 e. The van der Waals surface area contributed by atoms with Gasteiger partial charge in [-0.15, -0.1) is 0 Å². The molecule has 1 aromatic carbocycles. The third-order valence-electron chi connectivity index (χ3n) is 5.97. The summed E-state index contributed by atoms with van der Waals surface area (Å²) >= 11 is 0. The Balaban J connectivity index is 1.62. The molecule has 1 saturated carbocycles. The van der Waals surface area contributed by atoms with Crippen LogP contribution in [0.3, 0.4) is 0 Å². The monoisotopic (exact) mass is 428 g/mol. The normalized spacial score (nSPS) is 22.4. The molecule has 1 amide bonds. The van der Waals surface area contributed by atoms with Crippen molar-refractivity contribution in [3.05, 3.63) is 54.4 Å². The van der Waals surface area contributed by atoms with Crippen LogP contribution < -0.4 is 5.32 Å². The molecule has 2 fully saturated rings. The van der Waals surface area contributed by atoms with E-state index in [2.05, 4.69) is 16.4 Å². The first-order chi connectivity index (χ1) is 14.3. The van der Waals surface area contributed by atoms with Crippen LogP contribution >= 0.6 is 0 Å². The number of carbonyl (C=O) groups is 1. The maximum Gasteiger partial charge on any atom is 0.281 e. The minimum absolute atomic E-state index is 0.0340. The summed E-state index contributed by atoms with van der Waals surface area (Å²) in [4.78, 5) is 17.4. The van der Waals surface area contributed by atoms with E-state index in [9.17, 15) is 13.2 Å². The third-order valence-corrected chi connectivity index (χ3v) is 7.85. The Morgan fingerprint density at radius 2 is 2.00 bits per heavy atom. The fourth-order valence-electron chi connectivity index (χ4n) is 4.02. The number of benzene rings is 1. The maximum absolute atomic E-state index is 13.3. The molecule has 2 aliphatic rings. The maximum atomic E-state index is 13.3. The Morgan fingerprint density at radius 3 is 2.67 bits per heavy atom. The largest absolute Gasteiger partial charge is 0.353 e. The van der Waals surface area contributed by atoms with Gasteiger partial charge in [0.1, 0.15) is 0 Å². The van der Waals surface area contributed by atoms with Crippen molar-refractivity contribution in [2.45, 2.75) is 31.7 Å². The highest BCUT2D eigenvalue weighted by Gasteiger charge is 2.49. The highest BCUT2D eigenvalue weighted by molar-refractivity contribution is 7.86. The molecule has 0 radical (unpaired) electrons. The second-order valence-corrected chi connectivity index (χ2v) is 10.7. The number of nitrogens with one attached hydrogen (secondary N) is 1. The molecule has 0 spiro atoms. The van der Waals surface area contributed by atoms with Gasteiger partial charge in [-0.2, -0.15) is 17.0 Å². The number of hydrogen-bond donors (Lipinski definition) is 1. The number of rotatable bonds is 7. The molecule has 1 atom stereocenters. The van der Waals surface area contributed by atoms with Crippen molar-refractivity contribution in [2.24, 2.45) is 5.41 Å². The van der Waals surface area contributed by atoms with Gasteiger partial charge in [-0.1, -0.05) is 30.3 Å². The Hall–Kier alpha value is -2.29. The molecule has 1 N–H and O–H groups in total. The van der Waals surface area contributed by atoms with Crippen LogP contribution in [0.25, 0.3) is 11.1 Å². The van der Waals surface area contributed by atoms with Crippen LogP contribution in [0, 0.1) is 5.41 Å². The average Bonchev–Trinajstić information content (AvgIpc) is 3.44. The van der Waals surface area contributed by atoms with E-state index in [4.69, 9.17) is 0 Å². The molecule has 1 saturated heterocycles. The minimum atomic E-state index is -3.56. The highest BCUT2D eigenvalue weighted by atomic mass is 32.2. The van der Waals surface area contributed by atoms with Crippen LogP contribution in [-0.4, -0.2) is 61.1 Å². The Labute approximate surface area is 178 Å². The molecule has 0 bridgehead atoms. The summed E-state index contributed by atoms with van der Waals surface area (Å²) in [5.41, 5.74) is 2.30. The molecule has 7 nitrogen and oxygen atoms in total. The van der Waals surface area contributed by atoms with E-state index in [-0.39, 0.29) is 18.5 Å². The van der Waals surface area contributed by atoms with E-state index in [1.54, 1.807) is 6.20 Å². The lowest BCUT2D eigenvalue weighted by Gasteiger charge is -2.29. The standard InChI is InChI=1S/C22H28N4O3S/c1-25(2)30(28,29)26-12-10-22(16-26,21(27)24-20-8-9-20)14-17-5-3-6-18(13-17)19-7-4-11-23-15-19/h3-7,11,13,15,20H,8-10,12,14,16H2,1-2H3,(H,24,27). The zero-order valence-electron chi connectivity index (χ0n) is 17.4. The van der Waals surface area contributed by atoms with E-state index < -0.39 is 15.6 Å². The van der Waals surface area contributed by atoms with Crippen molar-refractivity contribution in [2.75, 3.05) is 27.2 Å². The van der Waals surface area contributed by atoms with E-state index in [0.717, 1.165) is 29.5 Å². The van der Waals surface area contributed by atoms with Crippen molar-refractivity contribution >= 4 is 16.1 Å². The van der Waals surface area contributed by atoms with Gasteiger partial charge in [-0.05, 0) is 48.4 Å². The Kier molecular flexibility index (Phi) is 5.65. The molecule has 1 aliphatic heterocycles. The first-order valence-corrected chi connectivity index (χ1v) is 11.7. The van der Waals surface area contributed by atoms with Crippen molar-refractivity contribution < 1.29 is 13.2 Å². The molecule has 1 aromatic heterocycles. The first kappa shape index (κ1) is 21.0. The van der Waals surface area contributed by atoms with Crippen LogP contribution in [0.15, 0.2) is 48.8 Å². The fraction of sp³-hybridized carbons (Fsp3) is 0.455. The Bertz CT molecular complexity index is 1020. The zero-order valence-corrected chi connectivity index (χ0v) is 18.2. The van der Waals surface area contributed by atoms with E-state index in [0.29, 0.717) is 19.4 Å². The molecule has 4 rings (SSSR count). The number of pyridine rings is 1. The average molecular weight is 429 g/mol. The number of aromatic nitrogens is 1. The predicted molar refractivity (Wildman–Crippen MR) is 116 cm³/mol. The second-order valence-electron chi connectivity index (χ2n) is 8.52. The van der Waals surface area contributed by atoms with Crippen LogP contribution in [0.1, 0.15) is 24.8 Å². The predicted octanol–water partition coefficient (Wildman–Crippen LogP) is 2.07. The summed E-state index contributed by atoms with van der Waals surface area (Å²) in [5, 5.41) is 3.12. The van der Waals surface area contributed by atoms with Gasteiger partial charge >= 0.3 is 0 Å². The minimum Gasteiger partial charge on any atom is -0.353 e. The molecule has 30 heavy (non-hydrogen) atoms. The SMILES string of the molecule is CN(C)S(=O)(=O)N1CCC(Cc2cccc(-c3cccnc3)c2)(C(=O)NC2CC2)C1. The van der Waals surface area contributed by atoms with Gasteiger partial charge in [0, 0.05) is 45.6 Å². The molecule has 2 aromatic rings. The lowest BCUT2D eigenvalue weighted by Crippen LogP contribution is -2.47. The van der Waals surface area contributed by atoms with Gasteiger partial charge in [-0.25, -0.2) is 0 Å². The summed E-state index contributed by atoms with van der Waals surface area (Å²) in [7, 11) is -0.510. The lowest BCUT2D eigenvalue weighted by atomic mass is 9.79. The van der Waals surface area contributed by atoms with E-state index >= 15 is 0 Å². The van der Waals surface area contributed by atoms with E-state index in [1.165, 1.54) is 22.7 Å². The highest BCUT2D eigenvalue weighted by Crippen LogP contribution is 2.38. The second kappa shape index (κ2) is 8.09. The van der Waals surface area contributed by atoms with E-state index in [1.807, 2.05) is 36.5 Å². The quantitative estimate of drug-likeness (QED) is 0.732. The number of nitrogens with zero attached hydrogens (tertiary/aromatic N) is 3. The molecular formula is C22H28N4O3S. The molecule has 8 heteroatoms. The summed E-state index contributed by atoms with van der Waals surface area (Å²) in [6, 6.07) is 12.2. The topological polar surface area (TPSA) is 82.6 Å². The molecular weight excluding hydrogens is 400 g/mol. The molecule has 1 unspecified atom stereocenters. The van der Waals surface area contributed by atoms with Gasteiger partial charge in [0.25, 0.3) is 10.2 Å². The van der Waals surface area contributed by atoms with Crippen LogP contribution in [0.4, 0.5) is 0 Å². The van der Waals surface area contributed by atoms with Gasteiger partial charge in [0.05, 0.1) is 5.41 Å². The molecule has 1 aliphatic carbocycles.